The molecule has 11 rings (SSSR count). The fourth-order valence-electron chi connectivity index (χ4n) is 9.07. The van der Waals surface area contributed by atoms with E-state index in [9.17, 15) is 4.39 Å². The molecular weight excluding hydrogens is 754 g/mol. The molecule has 0 aliphatic carbocycles. The van der Waals surface area contributed by atoms with Crippen molar-refractivity contribution in [2.45, 2.75) is 0 Å². The summed E-state index contributed by atoms with van der Waals surface area (Å²) < 4.78 is 14.0. The zero-order valence-corrected chi connectivity index (χ0v) is 33.9. The minimum absolute atomic E-state index is 0.253. The Morgan fingerprint density at radius 2 is 0.742 bits per heavy atom. The highest BCUT2D eigenvalue weighted by atomic mass is 19.1. The molecule has 0 aromatic heterocycles. The van der Waals surface area contributed by atoms with E-state index in [2.05, 4.69) is 223 Å². The molecule has 0 radical (unpaired) electrons. The van der Waals surface area contributed by atoms with E-state index in [0.717, 1.165) is 33.6 Å². The molecule has 62 heavy (non-hydrogen) atoms. The second kappa shape index (κ2) is 15.8. The average Bonchev–Trinajstić information content (AvgIpc) is 3.34. The molecule has 0 heterocycles. The van der Waals surface area contributed by atoms with Gasteiger partial charge in [0.25, 0.3) is 0 Å². The van der Waals surface area contributed by atoms with Crippen LogP contribution in [0.3, 0.4) is 0 Å². The molecule has 2 heteroatoms. The topological polar surface area (TPSA) is 3.24 Å². The van der Waals surface area contributed by atoms with Crippen molar-refractivity contribution in [1.29, 1.82) is 0 Å². The first kappa shape index (κ1) is 37.0. The van der Waals surface area contributed by atoms with Gasteiger partial charge in [0, 0.05) is 17.1 Å². The van der Waals surface area contributed by atoms with E-state index in [4.69, 9.17) is 0 Å². The molecule has 292 valence electrons. The van der Waals surface area contributed by atoms with Crippen molar-refractivity contribution in [3.63, 3.8) is 0 Å². The molecule has 11 aromatic rings. The molecule has 1 nitrogen and oxygen atoms in total. The maximum absolute atomic E-state index is 14.0. The van der Waals surface area contributed by atoms with E-state index in [1.54, 1.807) is 0 Å². The van der Waals surface area contributed by atoms with E-state index in [0.29, 0.717) is 0 Å². The van der Waals surface area contributed by atoms with Gasteiger partial charge in [-0.1, -0.05) is 194 Å². The lowest BCUT2D eigenvalue weighted by Gasteiger charge is -2.26. The highest BCUT2D eigenvalue weighted by Gasteiger charge is 2.18. The van der Waals surface area contributed by atoms with E-state index in [1.165, 1.54) is 83.2 Å². The molecule has 0 aliphatic rings. The number of benzene rings is 11. The first-order chi connectivity index (χ1) is 30.6. The highest BCUT2D eigenvalue weighted by molar-refractivity contribution is 6.23. The average molecular weight is 794 g/mol. The van der Waals surface area contributed by atoms with E-state index in [-0.39, 0.29) is 5.82 Å². The molecule has 0 atom stereocenters. The monoisotopic (exact) mass is 793 g/mol. The third-order valence-corrected chi connectivity index (χ3v) is 12.1. The van der Waals surface area contributed by atoms with Gasteiger partial charge >= 0.3 is 0 Å². The highest BCUT2D eigenvalue weighted by Crippen LogP contribution is 2.45. The Labute approximate surface area is 360 Å². The van der Waals surface area contributed by atoms with Crippen LogP contribution in [0.1, 0.15) is 11.1 Å². The minimum atomic E-state index is -0.253. The summed E-state index contributed by atoms with van der Waals surface area (Å²) in [6.07, 6.45) is 4.30. The summed E-state index contributed by atoms with van der Waals surface area (Å²) >= 11 is 0. The van der Waals surface area contributed by atoms with Crippen LogP contribution >= 0.6 is 0 Å². The van der Waals surface area contributed by atoms with Gasteiger partial charge in [0.1, 0.15) is 5.82 Å². The van der Waals surface area contributed by atoms with Crippen LogP contribution in [0.25, 0.3) is 88.6 Å². The van der Waals surface area contributed by atoms with Gasteiger partial charge in [-0.3, -0.25) is 0 Å². The summed E-state index contributed by atoms with van der Waals surface area (Å²) in [5, 5.41) is 9.87. The maximum Gasteiger partial charge on any atom is 0.123 e. The first-order valence-electron chi connectivity index (χ1n) is 21.1. The molecular formula is C60H40FN. The van der Waals surface area contributed by atoms with Crippen molar-refractivity contribution in [2.24, 2.45) is 0 Å². The normalized spacial score (nSPS) is 11.6. The molecule has 0 saturated heterocycles. The predicted molar refractivity (Wildman–Crippen MR) is 263 cm³/mol. The third-order valence-electron chi connectivity index (χ3n) is 12.1. The SMILES string of the molecule is Fc1ccc(N(c2ccc(C=Cc3ccc(-c4ccc(-c5c6ccccc6c(-c6cccc7ccccc67)c6ccccc56)cc4)cc3)cc2)c2ccc3ccccc3c2)cc1. The number of hydrogen-bond donors (Lipinski definition) is 0. The molecule has 0 saturated carbocycles. The van der Waals surface area contributed by atoms with Crippen LogP contribution in [0, 0.1) is 5.82 Å². The zero-order chi connectivity index (χ0) is 41.4. The fourth-order valence-corrected chi connectivity index (χ4v) is 9.07. The summed E-state index contributed by atoms with van der Waals surface area (Å²) in [5.41, 5.74) is 12.5. The second-order valence-corrected chi connectivity index (χ2v) is 15.8. The molecule has 0 fully saturated rings. The molecule has 0 unspecified atom stereocenters. The molecule has 0 spiro atoms. The molecule has 0 aliphatic heterocycles. The van der Waals surface area contributed by atoms with Crippen LogP contribution < -0.4 is 4.90 Å². The number of hydrogen-bond acceptors (Lipinski definition) is 1. The fraction of sp³-hybridized carbons (Fsp3) is 0. The molecule has 0 bridgehead atoms. The van der Waals surface area contributed by atoms with Crippen LogP contribution in [0.15, 0.2) is 231 Å². The standard InChI is InChI=1S/C60H40FN/c61-49-33-38-51(39-34-49)62(52-37-32-43-10-1-2-12-48(43)40-52)50-35-24-42(25-36-50)21-20-41-22-26-44(27-23-41)45-28-30-47(31-29-45)59-55-15-5-7-17-57(55)60(58-18-8-6-16-56(58)59)54-19-9-13-46-11-3-4-14-53(46)54/h1-40H. The quantitative estimate of drug-likeness (QED) is 0.109. The number of nitrogens with zero attached hydrogens (tertiary/aromatic N) is 1. The lowest BCUT2D eigenvalue weighted by Crippen LogP contribution is -2.09. The van der Waals surface area contributed by atoms with Crippen LogP contribution in [0.2, 0.25) is 0 Å². The number of halogens is 1. The summed E-state index contributed by atoms with van der Waals surface area (Å²) in [6.45, 7) is 0. The van der Waals surface area contributed by atoms with Gasteiger partial charge in [0.15, 0.2) is 0 Å². The van der Waals surface area contributed by atoms with Gasteiger partial charge in [0.2, 0.25) is 0 Å². The Kier molecular flexibility index (Phi) is 9.44. The molecule has 11 aromatic carbocycles. The summed E-state index contributed by atoms with van der Waals surface area (Å²) in [4.78, 5) is 2.16. The van der Waals surface area contributed by atoms with Crippen molar-refractivity contribution >= 4 is 72.3 Å². The van der Waals surface area contributed by atoms with Crippen molar-refractivity contribution in [3.8, 4) is 33.4 Å². The molecule has 0 amide bonds. The Hall–Kier alpha value is -8.07. The van der Waals surface area contributed by atoms with Crippen LogP contribution in [0.4, 0.5) is 21.5 Å². The minimum Gasteiger partial charge on any atom is -0.310 e. The van der Waals surface area contributed by atoms with Gasteiger partial charge in [-0.15, -0.1) is 0 Å². The van der Waals surface area contributed by atoms with Gasteiger partial charge in [-0.25, -0.2) is 4.39 Å². The zero-order valence-electron chi connectivity index (χ0n) is 33.9. The van der Waals surface area contributed by atoms with Crippen molar-refractivity contribution in [1.82, 2.24) is 0 Å². The molecule has 0 N–H and O–H groups in total. The van der Waals surface area contributed by atoms with Crippen molar-refractivity contribution in [2.75, 3.05) is 4.90 Å². The summed E-state index contributed by atoms with van der Waals surface area (Å²) in [7, 11) is 0. The second-order valence-electron chi connectivity index (χ2n) is 15.8. The van der Waals surface area contributed by atoms with E-state index in [1.807, 2.05) is 12.1 Å². The van der Waals surface area contributed by atoms with Crippen LogP contribution in [-0.4, -0.2) is 0 Å². The Bertz CT molecular complexity index is 3380. The van der Waals surface area contributed by atoms with Gasteiger partial charge in [0.05, 0.1) is 0 Å². The number of rotatable bonds is 8. The smallest absolute Gasteiger partial charge is 0.123 e. The van der Waals surface area contributed by atoms with Gasteiger partial charge in [-0.2, -0.15) is 0 Å². The Morgan fingerprint density at radius 3 is 1.35 bits per heavy atom. The van der Waals surface area contributed by atoms with Crippen LogP contribution in [-0.2, 0) is 0 Å². The van der Waals surface area contributed by atoms with Gasteiger partial charge in [-0.05, 0) is 136 Å². The summed E-state index contributed by atoms with van der Waals surface area (Å²) in [6, 6.07) is 80.8. The van der Waals surface area contributed by atoms with Crippen molar-refractivity contribution < 1.29 is 4.39 Å². The largest absolute Gasteiger partial charge is 0.310 e. The lowest BCUT2D eigenvalue weighted by atomic mass is 9.84. The first-order valence-corrected chi connectivity index (χ1v) is 21.1. The Balaban J connectivity index is 0.861. The van der Waals surface area contributed by atoms with Gasteiger partial charge < -0.3 is 4.90 Å². The predicted octanol–water partition coefficient (Wildman–Crippen LogP) is 17.1. The number of anilines is 3. The van der Waals surface area contributed by atoms with Crippen molar-refractivity contribution in [3.05, 3.63) is 247 Å². The Morgan fingerprint density at radius 1 is 0.306 bits per heavy atom. The lowest BCUT2D eigenvalue weighted by molar-refractivity contribution is 0.628. The maximum atomic E-state index is 14.0. The van der Waals surface area contributed by atoms with Crippen LogP contribution in [0.5, 0.6) is 0 Å². The summed E-state index contributed by atoms with van der Waals surface area (Å²) in [5.74, 6) is -0.253. The van der Waals surface area contributed by atoms with E-state index >= 15 is 0 Å². The number of fused-ring (bicyclic) bond motifs is 4. The third kappa shape index (κ3) is 6.88. The van der Waals surface area contributed by atoms with E-state index < -0.39 is 0 Å².